The van der Waals surface area contributed by atoms with Gasteiger partial charge in [-0.25, -0.2) is 4.79 Å². The van der Waals surface area contributed by atoms with Crippen LogP contribution >= 0.6 is 11.6 Å². The second-order valence-corrected chi connectivity index (χ2v) is 5.90. The monoisotopic (exact) mass is 342 g/mol. The molecule has 24 heavy (non-hydrogen) atoms. The van der Waals surface area contributed by atoms with Gasteiger partial charge in [-0.2, -0.15) is 0 Å². The molecular formula is C20H19ClO3. The predicted octanol–water partition coefficient (Wildman–Crippen LogP) is 4.81. The summed E-state index contributed by atoms with van der Waals surface area (Å²) in [5.41, 5.74) is 1.06. The lowest BCUT2D eigenvalue weighted by Crippen LogP contribution is -2.23. The number of aldehydes is 1. The smallest absolute Gasteiger partial charge is 0.339 e. The zero-order chi connectivity index (χ0) is 17.5. The molecule has 2 aromatic carbocycles. The minimum absolute atomic E-state index is 0.250. The van der Waals surface area contributed by atoms with E-state index in [0.717, 1.165) is 11.8 Å². The Morgan fingerprint density at radius 2 is 1.79 bits per heavy atom. The van der Waals surface area contributed by atoms with Gasteiger partial charge in [-0.3, -0.25) is 0 Å². The first kappa shape index (κ1) is 18.0. The second kappa shape index (κ2) is 8.46. The number of hydrogen-bond donors (Lipinski definition) is 0. The summed E-state index contributed by atoms with van der Waals surface area (Å²) in [6, 6.07) is 15.9. The lowest BCUT2D eigenvalue weighted by Gasteiger charge is -2.23. The topological polar surface area (TPSA) is 43.4 Å². The highest BCUT2D eigenvalue weighted by Crippen LogP contribution is 2.33. The number of ether oxygens (including phenoxy) is 1. The Morgan fingerprint density at radius 1 is 1.17 bits per heavy atom. The van der Waals surface area contributed by atoms with Crippen LogP contribution in [0.2, 0.25) is 5.02 Å². The van der Waals surface area contributed by atoms with E-state index in [9.17, 15) is 9.59 Å². The molecule has 124 valence electrons. The molecule has 4 heteroatoms. The highest BCUT2D eigenvalue weighted by molar-refractivity contribution is 6.30. The Bertz CT molecular complexity index is 707. The van der Waals surface area contributed by atoms with E-state index in [0.29, 0.717) is 17.2 Å². The lowest BCUT2D eigenvalue weighted by molar-refractivity contribution is -0.130. The zero-order valence-electron chi connectivity index (χ0n) is 13.4. The van der Waals surface area contributed by atoms with Crippen LogP contribution in [0.25, 0.3) is 0 Å². The summed E-state index contributed by atoms with van der Waals surface area (Å²) >= 11 is 5.93. The average Bonchev–Trinajstić information content (AvgIpc) is 2.61. The summed E-state index contributed by atoms with van der Waals surface area (Å²) in [6.07, 6.45) is 1.45. The van der Waals surface area contributed by atoms with Crippen molar-refractivity contribution in [1.82, 2.24) is 0 Å². The van der Waals surface area contributed by atoms with Crippen molar-refractivity contribution in [2.45, 2.75) is 19.3 Å². The molecule has 0 saturated heterocycles. The average molecular weight is 343 g/mol. The number of para-hydroxylation sites is 1. The molecule has 0 spiro atoms. The van der Waals surface area contributed by atoms with Gasteiger partial charge in [-0.15, -0.1) is 0 Å². The van der Waals surface area contributed by atoms with E-state index < -0.39 is 11.9 Å². The number of esters is 1. The van der Waals surface area contributed by atoms with Crippen LogP contribution in [0.1, 0.15) is 24.8 Å². The van der Waals surface area contributed by atoms with Crippen molar-refractivity contribution in [2.24, 2.45) is 5.92 Å². The van der Waals surface area contributed by atoms with E-state index >= 15 is 0 Å². The molecule has 0 aromatic heterocycles. The minimum atomic E-state index is -0.540. The van der Waals surface area contributed by atoms with Crippen LogP contribution in [0.3, 0.4) is 0 Å². The maximum absolute atomic E-state index is 12.5. The molecule has 0 fully saturated rings. The van der Waals surface area contributed by atoms with Crippen LogP contribution in [0.15, 0.2) is 66.7 Å². The van der Waals surface area contributed by atoms with Crippen LogP contribution in [-0.2, 0) is 9.59 Å². The Balaban J connectivity index is 2.28. The van der Waals surface area contributed by atoms with Crippen LogP contribution in [0.5, 0.6) is 5.75 Å². The fraction of sp³-hybridized carbons (Fsp3) is 0.200. The van der Waals surface area contributed by atoms with Gasteiger partial charge < -0.3 is 9.53 Å². The lowest BCUT2D eigenvalue weighted by atomic mass is 9.80. The highest BCUT2D eigenvalue weighted by atomic mass is 35.5. The maximum atomic E-state index is 12.5. The van der Waals surface area contributed by atoms with Crippen molar-refractivity contribution in [3.05, 3.63) is 77.3 Å². The molecule has 0 aliphatic carbocycles. The molecule has 0 N–H and O–H groups in total. The largest absolute Gasteiger partial charge is 0.423 e. The molecule has 2 rings (SSSR count). The number of benzene rings is 2. The normalized spacial score (nSPS) is 12.9. The van der Waals surface area contributed by atoms with Crippen molar-refractivity contribution in [2.75, 3.05) is 0 Å². The van der Waals surface area contributed by atoms with E-state index in [2.05, 4.69) is 6.58 Å². The standard InChI is InChI=1S/C20H19ClO3/c1-3-15(13-22)19(16-9-11-17(21)12-10-16)14(2)20(23)24-18-7-5-4-6-8-18/h4-13,15,19H,2-3H2,1H3/t15-,19-/m0/s1. The van der Waals surface area contributed by atoms with Crippen LogP contribution in [0.4, 0.5) is 0 Å². The third-order valence-corrected chi connectivity index (χ3v) is 4.15. The third kappa shape index (κ3) is 4.33. The number of carbonyl (C=O) groups excluding carboxylic acids is 2. The third-order valence-electron chi connectivity index (χ3n) is 3.89. The molecule has 0 heterocycles. The first-order valence-corrected chi connectivity index (χ1v) is 8.11. The molecule has 0 aliphatic rings. The van der Waals surface area contributed by atoms with E-state index in [1.54, 1.807) is 48.5 Å². The SMILES string of the molecule is C=C(C(=O)Oc1ccccc1)[C@H](c1ccc(Cl)cc1)[C@H](C=O)CC. The van der Waals surface area contributed by atoms with Crippen molar-refractivity contribution < 1.29 is 14.3 Å². The summed E-state index contributed by atoms with van der Waals surface area (Å²) in [7, 11) is 0. The number of hydrogen-bond acceptors (Lipinski definition) is 3. The first-order chi connectivity index (χ1) is 11.6. The van der Waals surface area contributed by atoms with E-state index in [4.69, 9.17) is 16.3 Å². The number of carbonyl (C=O) groups is 2. The van der Waals surface area contributed by atoms with E-state index in [1.807, 2.05) is 13.0 Å². The Hall–Kier alpha value is -2.39. The number of halogens is 1. The van der Waals surface area contributed by atoms with Crippen molar-refractivity contribution in [3.63, 3.8) is 0 Å². The summed E-state index contributed by atoms with van der Waals surface area (Å²) < 4.78 is 5.36. The van der Waals surface area contributed by atoms with Crippen LogP contribution in [-0.4, -0.2) is 12.3 Å². The quantitative estimate of drug-likeness (QED) is 0.314. The summed E-state index contributed by atoms with van der Waals surface area (Å²) in [5, 5.41) is 0.592. The molecule has 0 amide bonds. The zero-order valence-corrected chi connectivity index (χ0v) is 14.2. The summed E-state index contributed by atoms with van der Waals surface area (Å²) in [4.78, 5) is 24.0. The second-order valence-electron chi connectivity index (χ2n) is 5.47. The molecule has 3 nitrogen and oxygen atoms in total. The first-order valence-electron chi connectivity index (χ1n) is 7.73. The van der Waals surface area contributed by atoms with Crippen LogP contribution < -0.4 is 4.74 Å². The van der Waals surface area contributed by atoms with E-state index in [1.165, 1.54) is 0 Å². The molecule has 0 unspecified atom stereocenters. The Kier molecular flexibility index (Phi) is 6.33. The number of rotatable bonds is 7. The van der Waals surface area contributed by atoms with Gasteiger partial charge in [-0.05, 0) is 36.2 Å². The van der Waals surface area contributed by atoms with Crippen molar-refractivity contribution in [3.8, 4) is 5.75 Å². The summed E-state index contributed by atoms with van der Waals surface area (Å²) in [5.74, 6) is -0.901. The van der Waals surface area contributed by atoms with Gasteiger partial charge in [0.25, 0.3) is 0 Å². The summed E-state index contributed by atoms with van der Waals surface area (Å²) in [6.45, 7) is 5.80. The van der Waals surface area contributed by atoms with Gasteiger partial charge in [0.2, 0.25) is 0 Å². The van der Waals surface area contributed by atoms with Crippen molar-refractivity contribution in [1.29, 1.82) is 0 Å². The molecule has 0 aliphatic heterocycles. The molecule has 0 saturated carbocycles. The Morgan fingerprint density at radius 3 is 2.33 bits per heavy atom. The van der Waals surface area contributed by atoms with E-state index in [-0.39, 0.29) is 11.5 Å². The van der Waals surface area contributed by atoms with Gasteiger partial charge in [-0.1, -0.05) is 55.4 Å². The predicted molar refractivity (Wildman–Crippen MR) is 95.3 cm³/mol. The Labute approximate surface area is 146 Å². The van der Waals surface area contributed by atoms with Gasteiger partial charge in [0.05, 0.1) is 0 Å². The van der Waals surface area contributed by atoms with Gasteiger partial charge in [0.1, 0.15) is 12.0 Å². The fourth-order valence-electron chi connectivity index (χ4n) is 2.58. The van der Waals surface area contributed by atoms with Gasteiger partial charge in [0, 0.05) is 22.4 Å². The minimum Gasteiger partial charge on any atom is -0.423 e. The van der Waals surface area contributed by atoms with Crippen LogP contribution in [0, 0.1) is 5.92 Å². The molecule has 0 radical (unpaired) electrons. The maximum Gasteiger partial charge on any atom is 0.339 e. The molecular weight excluding hydrogens is 324 g/mol. The highest BCUT2D eigenvalue weighted by Gasteiger charge is 2.29. The van der Waals surface area contributed by atoms with Gasteiger partial charge >= 0.3 is 5.97 Å². The van der Waals surface area contributed by atoms with Gasteiger partial charge in [0.15, 0.2) is 0 Å². The molecule has 2 atom stereocenters. The molecule has 0 bridgehead atoms. The van der Waals surface area contributed by atoms with Crippen molar-refractivity contribution >= 4 is 23.9 Å². The fourth-order valence-corrected chi connectivity index (χ4v) is 2.70. The molecule has 2 aromatic rings.